The van der Waals surface area contributed by atoms with E-state index in [9.17, 15) is 14.4 Å². The Morgan fingerprint density at radius 2 is 1.68 bits per heavy atom. The molecule has 1 N–H and O–H groups in total. The van der Waals surface area contributed by atoms with Crippen LogP contribution in [0.5, 0.6) is 0 Å². The Balaban J connectivity index is 2.05. The van der Waals surface area contributed by atoms with E-state index in [2.05, 4.69) is 4.98 Å². The van der Waals surface area contributed by atoms with E-state index in [4.69, 9.17) is 4.74 Å². The predicted octanol–water partition coefficient (Wildman–Crippen LogP) is 3.75. The van der Waals surface area contributed by atoms with Gasteiger partial charge in [-0.1, -0.05) is 43.2 Å². The molecule has 1 amide bonds. The van der Waals surface area contributed by atoms with Crippen molar-refractivity contribution < 1.29 is 19.1 Å². The Morgan fingerprint density at radius 3 is 2.29 bits per heavy atom. The van der Waals surface area contributed by atoms with Crippen LogP contribution in [0.4, 0.5) is 0 Å². The Hall–Kier alpha value is -2.89. The molecule has 28 heavy (non-hydrogen) atoms. The number of rotatable bonds is 5. The van der Waals surface area contributed by atoms with E-state index in [0.29, 0.717) is 35.5 Å². The summed E-state index contributed by atoms with van der Waals surface area (Å²) in [6.45, 7) is 4.86. The quantitative estimate of drug-likeness (QED) is 0.485. The highest BCUT2D eigenvalue weighted by atomic mass is 16.5. The highest BCUT2D eigenvalue weighted by Crippen LogP contribution is 2.31. The van der Waals surface area contributed by atoms with Gasteiger partial charge in [0.05, 0.1) is 12.2 Å². The van der Waals surface area contributed by atoms with Crippen molar-refractivity contribution in [3.8, 4) is 11.1 Å². The third-order valence-electron chi connectivity index (χ3n) is 5.04. The largest absolute Gasteiger partial charge is 0.462 e. The average Bonchev–Trinajstić information content (AvgIpc) is 2.86. The van der Waals surface area contributed by atoms with E-state index in [1.165, 1.54) is 0 Å². The van der Waals surface area contributed by atoms with Crippen LogP contribution in [0.3, 0.4) is 0 Å². The molecule has 0 aliphatic carbocycles. The normalized spacial score (nSPS) is 14.4. The van der Waals surface area contributed by atoms with Gasteiger partial charge in [0.1, 0.15) is 5.69 Å². The molecule has 148 valence electrons. The first-order chi connectivity index (χ1) is 13.5. The molecule has 0 radical (unpaired) electrons. The fourth-order valence-corrected chi connectivity index (χ4v) is 3.67. The number of hydrogen-bond acceptors (Lipinski definition) is 4. The number of ketones is 1. The van der Waals surface area contributed by atoms with E-state index >= 15 is 0 Å². The number of hydrogen-bond donors (Lipinski definition) is 1. The third kappa shape index (κ3) is 4.01. The number of nitrogens with zero attached hydrogens (tertiary/aromatic N) is 1. The summed E-state index contributed by atoms with van der Waals surface area (Å²) >= 11 is 0. The van der Waals surface area contributed by atoms with Crippen LogP contribution in [0, 0.1) is 6.92 Å². The van der Waals surface area contributed by atoms with Crippen LogP contribution < -0.4 is 0 Å². The summed E-state index contributed by atoms with van der Waals surface area (Å²) in [6, 6.07) is 9.16. The first kappa shape index (κ1) is 19.9. The first-order valence-electron chi connectivity index (χ1n) is 9.83. The van der Waals surface area contributed by atoms with Crippen molar-refractivity contribution in [2.45, 2.75) is 39.5 Å². The standard InChI is InChI=1S/C22H26N2O4/c1-3-28-22(27)17-15(2)23-19(18(17)16-11-7-6-8-12-16)20(25)21(26)24-13-9-4-5-10-14-24/h6-8,11-12,23H,3-5,9-10,13-14H2,1-2H3. The monoisotopic (exact) mass is 382 g/mol. The molecule has 1 aliphatic heterocycles. The lowest BCUT2D eigenvalue weighted by Crippen LogP contribution is -2.37. The first-order valence-corrected chi connectivity index (χ1v) is 9.83. The predicted molar refractivity (Wildman–Crippen MR) is 106 cm³/mol. The van der Waals surface area contributed by atoms with Crippen LogP contribution in [0.25, 0.3) is 11.1 Å². The number of Topliss-reactive ketones (excluding diaryl/α,β-unsaturated/α-hetero) is 1. The zero-order valence-corrected chi connectivity index (χ0v) is 16.4. The topological polar surface area (TPSA) is 79.5 Å². The number of aromatic amines is 1. The lowest BCUT2D eigenvalue weighted by atomic mass is 9.98. The molecule has 1 aliphatic rings. The van der Waals surface area contributed by atoms with Crippen LogP contribution in [-0.2, 0) is 9.53 Å². The third-order valence-corrected chi connectivity index (χ3v) is 5.04. The number of benzene rings is 1. The Bertz CT molecular complexity index is 862. The molecule has 1 saturated heterocycles. The molecule has 1 aromatic heterocycles. The number of ether oxygens (including phenoxy) is 1. The maximum atomic E-state index is 13.1. The van der Waals surface area contributed by atoms with Gasteiger partial charge in [-0.2, -0.15) is 0 Å². The van der Waals surface area contributed by atoms with Gasteiger partial charge in [0, 0.05) is 24.3 Å². The zero-order chi connectivity index (χ0) is 20.1. The lowest BCUT2D eigenvalue weighted by molar-refractivity contribution is -0.126. The zero-order valence-electron chi connectivity index (χ0n) is 16.4. The van der Waals surface area contributed by atoms with Crippen molar-refractivity contribution in [3.05, 3.63) is 47.3 Å². The molecule has 0 saturated carbocycles. The molecule has 1 aromatic carbocycles. The summed E-state index contributed by atoms with van der Waals surface area (Å²) in [5, 5.41) is 0. The Kier molecular flexibility index (Phi) is 6.29. The van der Waals surface area contributed by atoms with Gasteiger partial charge >= 0.3 is 5.97 Å². The van der Waals surface area contributed by atoms with Crippen molar-refractivity contribution in [1.29, 1.82) is 0 Å². The second-order valence-corrected chi connectivity index (χ2v) is 7.00. The van der Waals surface area contributed by atoms with Crippen LogP contribution in [0.1, 0.15) is 59.1 Å². The Morgan fingerprint density at radius 1 is 1.04 bits per heavy atom. The molecule has 0 atom stereocenters. The number of esters is 1. The van der Waals surface area contributed by atoms with Gasteiger partial charge in [-0.3, -0.25) is 9.59 Å². The number of H-pyrrole nitrogens is 1. The number of carbonyl (C=O) groups is 3. The summed E-state index contributed by atoms with van der Waals surface area (Å²) in [5.41, 5.74) is 2.11. The van der Waals surface area contributed by atoms with E-state index in [0.717, 1.165) is 25.7 Å². The molecular weight excluding hydrogens is 356 g/mol. The van der Waals surface area contributed by atoms with Gasteiger partial charge < -0.3 is 14.6 Å². The number of amides is 1. The molecule has 6 heteroatoms. The molecule has 2 heterocycles. The van der Waals surface area contributed by atoms with Crippen molar-refractivity contribution >= 4 is 17.7 Å². The van der Waals surface area contributed by atoms with Gasteiger partial charge in [0.15, 0.2) is 0 Å². The second-order valence-electron chi connectivity index (χ2n) is 7.00. The number of likely N-dealkylation sites (tertiary alicyclic amines) is 1. The molecule has 2 aromatic rings. The fraction of sp³-hybridized carbons (Fsp3) is 0.409. The van der Waals surface area contributed by atoms with Crippen molar-refractivity contribution in [1.82, 2.24) is 9.88 Å². The van der Waals surface area contributed by atoms with Gasteiger partial charge in [-0.05, 0) is 32.3 Å². The minimum absolute atomic E-state index is 0.154. The highest BCUT2D eigenvalue weighted by molar-refractivity contribution is 6.43. The van der Waals surface area contributed by atoms with Gasteiger partial charge in [-0.25, -0.2) is 4.79 Å². The van der Waals surface area contributed by atoms with Crippen LogP contribution in [-0.4, -0.2) is 47.2 Å². The van der Waals surface area contributed by atoms with E-state index in [1.807, 2.05) is 30.3 Å². The average molecular weight is 382 g/mol. The molecule has 0 bridgehead atoms. The van der Waals surface area contributed by atoms with Crippen molar-refractivity contribution in [3.63, 3.8) is 0 Å². The van der Waals surface area contributed by atoms with Gasteiger partial charge in [-0.15, -0.1) is 0 Å². The van der Waals surface area contributed by atoms with Crippen molar-refractivity contribution in [2.24, 2.45) is 0 Å². The number of nitrogens with one attached hydrogen (secondary N) is 1. The van der Waals surface area contributed by atoms with E-state index in [1.54, 1.807) is 18.7 Å². The summed E-state index contributed by atoms with van der Waals surface area (Å²) in [4.78, 5) is 43.2. The van der Waals surface area contributed by atoms with Gasteiger partial charge in [0.2, 0.25) is 0 Å². The molecule has 0 unspecified atom stereocenters. The summed E-state index contributed by atoms with van der Waals surface area (Å²) in [5.74, 6) is -1.63. The molecule has 1 fully saturated rings. The van der Waals surface area contributed by atoms with Crippen LogP contribution in [0.15, 0.2) is 30.3 Å². The molecule has 0 spiro atoms. The second kappa shape index (κ2) is 8.87. The van der Waals surface area contributed by atoms with Crippen LogP contribution >= 0.6 is 0 Å². The van der Waals surface area contributed by atoms with E-state index < -0.39 is 17.7 Å². The maximum Gasteiger partial charge on any atom is 0.340 e. The smallest absolute Gasteiger partial charge is 0.340 e. The number of carbonyl (C=O) groups excluding carboxylic acids is 3. The van der Waals surface area contributed by atoms with Crippen molar-refractivity contribution in [2.75, 3.05) is 19.7 Å². The highest BCUT2D eigenvalue weighted by Gasteiger charge is 2.32. The SMILES string of the molecule is CCOC(=O)c1c(C)[nH]c(C(=O)C(=O)N2CCCCCC2)c1-c1ccccc1. The van der Waals surface area contributed by atoms with E-state index in [-0.39, 0.29) is 12.3 Å². The fourth-order valence-electron chi connectivity index (χ4n) is 3.67. The molecular formula is C22H26N2O4. The summed E-state index contributed by atoms with van der Waals surface area (Å²) in [7, 11) is 0. The maximum absolute atomic E-state index is 13.1. The summed E-state index contributed by atoms with van der Waals surface area (Å²) < 4.78 is 5.19. The lowest BCUT2D eigenvalue weighted by Gasteiger charge is -2.19. The van der Waals surface area contributed by atoms with Crippen LogP contribution in [0.2, 0.25) is 0 Å². The minimum atomic E-state index is -0.612. The van der Waals surface area contributed by atoms with Gasteiger partial charge in [0.25, 0.3) is 11.7 Å². The Labute approximate surface area is 164 Å². The number of aryl methyl sites for hydroxylation is 1. The molecule has 3 rings (SSSR count). The number of aromatic nitrogens is 1. The molecule has 6 nitrogen and oxygen atoms in total. The summed E-state index contributed by atoms with van der Waals surface area (Å²) in [6.07, 6.45) is 3.95. The minimum Gasteiger partial charge on any atom is -0.462 e.